The molecule has 6 heteroatoms. The summed E-state index contributed by atoms with van der Waals surface area (Å²) >= 11 is 0. The quantitative estimate of drug-likeness (QED) is 0.786. The van der Waals surface area contributed by atoms with E-state index in [1.807, 2.05) is 0 Å². The van der Waals surface area contributed by atoms with Crippen LogP contribution in [0.3, 0.4) is 0 Å². The Bertz CT molecular complexity index is 405. The van der Waals surface area contributed by atoms with Crippen molar-refractivity contribution in [3.8, 4) is 0 Å². The summed E-state index contributed by atoms with van der Waals surface area (Å²) in [7, 11) is -3.30. The number of piperidine rings is 1. The molecule has 21 heavy (non-hydrogen) atoms. The van der Waals surface area contributed by atoms with Gasteiger partial charge in [0.05, 0.1) is 0 Å². The SMILES string of the molecule is CC(C)NCC1CCCN(S(=O)(=O)NC2CCCCC2)C1. The first-order chi connectivity index (χ1) is 9.97. The maximum absolute atomic E-state index is 12.5. The second kappa shape index (κ2) is 7.90. The molecule has 1 saturated heterocycles. The van der Waals surface area contributed by atoms with Crippen molar-refractivity contribution in [2.45, 2.75) is 70.9 Å². The molecule has 0 aromatic heterocycles. The molecule has 1 heterocycles. The van der Waals surface area contributed by atoms with Gasteiger partial charge >= 0.3 is 0 Å². The average molecular weight is 317 g/mol. The Morgan fingerprint density at radius 1 is 1.10 bits per heavy atom. The number of rotatable bonds is 6. The van der Waals surface area contributed by atoms with Crippen LogP contribution in [0.4, 0.5) is 0 Å². The monoisotopic (exact) mass is 317 g/mol. The summed E-state index contributed by atoms with van der Waals surface area (Å²) in [6, 6.07) is 0.607. The lowest BCUT2D eigenvalue weighted by atomic mass is 9.96. The molecule has 1 atom stereocenters. The van der Waals surface area contributed by atoms with Crippen LogP contribution in [0.5, 0.6) is 0 Å². The van der Waals surface area contributed by atoms with E-state index in [1.54, 1.807) is 4.31 Å². The standard InChI is InChI=1S/C15H31N3O2S/c1-13(2)16-11-14-7-6-10-18(12-14)21(19,20)17-15-8-4-3-5-9-15/h13-17H,3-12H2,1-2H3. The minimum Gasteiger partial charge on any atom is -0.314 e. The second-order valence-corrected chi connectivity index (χ2v) is 8.59. The number of nitrogens with one attached hydrogen (secondary N) is 2. The van der Waals surface area contributed by atoms with Gasteiger partial charge in [0.25, 0.3) is 10.2 Å². The molecule has 2 aliphatic rings. The van der Waals surface area contributed by atoms with Crippen molar-refractivity contribution in [1.29, 1.82) is 0 Å². The van der Waals surface area contributed by atoms with Gasteiger partial charge in [-0.05, 0) is 38.1 Å². The van der Waals surface area contributed by atoms with E-state index in [9.17, 15) is 8.42 Å². The third-order valence-corrected chi connectivity index (χ3v) is 6.20. The van der Waals surface area contributed by atoms with E-state index in [0.29, 0.717) is 25.0 Å². The molecule has 124 valence electrons. The lowest BCUT2D eigenvalue weighted by molar-refractivity contribution is 0.251. The maximum atomic E-state index is 12.5. The topological polar surface area (TPSA) is 61.4 Å². The van der Waals surface area contributed by atoms with Crippen LogP contribution in [0.2, 0.25) is 0 Å². The molecule has 1 aliphatic heterocycles. The zero-order valence-corrected chi connectivity index (χ0v) is 14.3. The zero-order chi connectivity index (χ0) is 15.3. The first-order valence-electron chi connectivity index (χ1n) is 8.48. The Balaban J connectivity index is 1.86. The lowest BCUT2D eigenvalue weighted by Crippen LogP contribution is -2.50. The van der Waals surface area contributed by atoms with Gasteiger partial charge in [0.1, 0.15) is 0 Å². The van der Waals surface area contributed by atoms with E-state index >= 15 is 0 Å². The summed E-state index contributed by atoms with van der Waals surface area (Å²) in [5, 5.41) is 3.43. The van der Waals surface area contributed by atoms with Crippen LogP contribution < -0.4 is 10.0 Å². The molecular formula is C15H31N3O2S. The molecule has 5 nitrogen and oxygen atoms in total. The van der Waals surface area contributed by atoms with Crippen molar-refractivity contribution in [2.75, 3.05) is 19.6 Å². The summed E-state index contributed by atoms with van der Waals surface area (Å²) in [6.07, 6.45) is 7.61. The van der Waals surface area contributed by atoms with Gasteiger partial charge in [-0.25, -0.2) is 0 Å². The van der Waals surface area contributed by atoms with Crippen LogP contribution in [0, 0.1) is 5.92 Å². The Kier molecular flexibility index (Phi) is 6.47. The van der Waals surface area contributed by atoms with Crippen molar-refractivity contribution < 1.29 is 8.42 Å². The van der Waals surface area contributed by atoms with Crippen molar-refractivity contribution in [3.63, 3.8) is 0 Å². The Morgan fingerprint density at radius 3 is 2.48 bits per heavy atom. The van der Waals surface area contributed by atoms with Crippen molar-refractivity contribution in [3.05, 3.63) is 0 Å². The molecule has 2 N–H and O–H groups in total. The number of hydrogen-bond donors (Lipinski definition) is 2. The van der Waals surface area contributed by atoms with E-state index < -0.39 is 10.2 Å². The molecule has 2 fully saturated rings. The fourth-order valence-corrected chi connectivity index (χ4v) is 4.90. The summed E-state index contributed by atoms with van der Waals surface area (Å²) < 4.78 is 29.7. The first kappa shape index (κ1) is 17.2. The molecule has 2 rings (SSSR count). The van der Waals surface area contributed by atoms with Gasteiger partial charge in [-0.1, -0.05) is 33.1 Å². The highest BCUT2D eigenvalue weighted by atomic mass is 32.2. The third kappa shape index (κ3) is 5.51. The van der Waals surface area contributed by atoms with Gasteiger partial charge in [-0.3, -0.25) is 0 Å². The van der Waals surface area contributed by atoms with Crippen LogP contribution in [0.1, 0.15) is 58.8 Å². The molecule has 1 aliphatic carbocycles. The predicted molar refractivity (Wildman–Crippen MR) is 86.4 cm³/mol. The van der Waals surface area contributed by atoms with Crippen molar-refractivity contribution in [2.24, 2.45) is 5.92 Å². The molecule has 1 unspecified atom stereocenters. The minimum absolute atomic E-state index is 0.151. The molecule has 0 aromatic carbocycles. The summed E-state index contributed by atoms with van der Waals surface area (Å²) in [6.45, 7) is 6.49. The highest BCUT2D eigenvalue weighted by Gasteiger charge is 2.30. The van der Waals surface area contributed by atoms with Crippen LogP contribution in [-0.2, 0) is 10.2 Å². The van der Waals surface area contributed by atoms with Gasteiger partial charge < -0.3 is 5.32 Å². The van der Waals surface area contributed by atoms with Crippen LogP contribution >= 0.6 is 0 Å². The van der Waals surface area contributed by atoms with Crippen molar-refractivity contribution in [1.82, 2.24) is 14.3 Å². The van der Waals surface area contributed by atoms with E-state index in [0.717, 1.165) is 45.1 Å². The van der Waals surface area contributed by atoms with E-state index in [1.165, 1.54) is 6.42 Å². The van der Waals surface area contributed by atoms with Gasteiger partial charge in [0.2, 0.25) is 0 Å². The average Bonchev–Trinajstić information content (AvgIpc) is 2.46. The minimum atomic E-state index is -3.30. The highest BCUT2D eigenvalue weighted by Crippen LogP contribution is 2.21. The predicted octanol–water partition coefficient (Wildman–Crippen LogP) is 1.86. The van der Waals surface area contributed by atoms with Crippen LogP contribution in [-0.4, -0.2) is 44.4 Å². The molecular weight excluding hydrogens is 286 g/mol. The molecule has 0 bridgehead atoms. The Morgan fingerprint density at radius 2 is 1.81 bits per heavy atom. The number of nitrogens with zero attached hydrogens (tertiary/aromatic N) is 1. The second-order valence-electron chi connectivity index (χ2n) is 6.89. The van der Waals surface area contributed by atoms with Crippen molar-refractivity contribution >= 4 is 10.2 Å². The van der Waals surface area contributed by atoms with Gasteiger partial charge in [-0.15, -0.1) is 0 Å². The summed E-state index contributed by atoms with van der Waals surface area (Å²) in [5.74, 6) is 0.434. The molecule has 0 spiro atoms. The first-order valence-corrected chi connectivity index (χ1v) is 9.92. The maximum Gasteiger partial charge on any atom is 0.279 e. The summed E-state index contributed by atoms with van der Waals surface area (Å²) in [4.78, 5) is 0. The molecule has 0 aromatic rings. The van der Waals surface area contributed by atoms with E-state index in [2.05, 4.69) is 23.9 Å². The summed E-state index contributed by atoms with van der Waals surface area (Å²) in [5.41, 5.74) is 0. The largest absolute Gasteiger partial charge is 0.314 e. The molecule has 0 amide bonds. The lowest BCUT2D eigenvalue weighted by Gasteiger charge is -2.34. The smallest absolute Gasteiger partial charge is 0.279 e. The van der Waals surface area contributed by atoms with Gasteiger partial charge in [0.15, 0.2) is 0 Å². The Hall–Kier alpha value is -0.170. The van der Waals surface area contributed by atoms with Crippen LogP contribution in [0.25, 0.3) is 0 Å². The van der Waals surface area contributed by atoms with E-state index in [4.69, 9.17) is 0 Å². The molecule has 0 radical (unpaired) electrons. The number of hydrogen-bond acceptors (Lipinski definition) is 3. The highest BCUT2D eigenvalue weighted by molar-refractivity contribution is 7.87. The van der Waals surface area contributed by atoms with E-state index in [-0.39, 0.29) is 6.04 Å². The fourth-order valence-electron chi connectivity index (χ4n) is 3.32. The van der Waals surface area contributed by atoms with Crippen LogP contribution in [0.15, 0.2) is 0 Å². The normalized spacial score (nSPS) is 26.3. The Labute approximate surface area is 130 Å². The molecule has 1 saturated carbocycles. The van der Waals surface area contributed by atoms with Gasteiger partial charge in [0, 0.05) is 25.2 Å². The van der Waals surface area contributed by atoms with Gasteiger partial charge in [-0.2, -0.15) is 17.4 Å². The fraction of sp³-hybridized carbons (Fsp3) is 1.00. The third-order valence-electron chi connectivity index (χ3n) is 4.56. The zero-order valence-electron chi connectivity index (χ0n) is 13.5.